The maximum absolute atomic E-state index is 14.6. The highest BCUT2D eigenvalue weighted by molar-refractivity contribution is 5.91. The molecule has 8 nitrogen and oxygen atoms in total. The van der Waals surface area contributed by atoms with Gasteiger partial charge in [-0.1, -0.05) is 0 Å². The molecule has 1 aliphatic rings. The van der Waals surface area contributed by atoms with Crippen LogP contribution < -0.4 is 15.0 Å². The summed E-state index contributed by atoms with van der Waals surface area (Å²) in [4.78, 5) is 19.2. The van der Waals surface area contributed by atoms with Gasteiger partial charge in [0.15, 0.2) is 5.65 Å². The molecule has 0 aliphatic carbocycles. The molecule has 1 fully saturated rings. The van der Waals surface area contributed by atoms with Crippen molar-refractivity contribution in [2.75, 3.05) is 43.6 Å². The zero-order valence-electron chi connectivity index (χ0n) is 18.9. The minimum atomic E-state index is -0.352. The van der Waals surface area contributed by atoms with Crippen molar-refractivity contribution >= 4 is 28.3 Å². The van der Waals surface area contributed by atoms with Crippen LogP contribution in [0.15, 0.2) is 18.2 Å². The van der Waals surface area contributed by atoms with Crippen LogP contribution in [-0.4, -0.2) is 54.1 Å². The van der Waals surface area contributed by atoms with Gasteiger partial charge in [0, 0.05) is 37.9 Å². The number of hydrogen-bond donors (Lipinski definition) is 1. The van der Waals surface area contributed by atoms with E-state index in [1.54, 1.807) is 23.9 Å². The Labute approximate surface area is 186 Å². The van der Waals surface area contributed by atoms with E-state index in [-0.39, 0.29) is 18.1 Å². The van der Waals surface area contributed by atoms with Gasteiger partial charge in [0.2, 0.25) is 11.8 Å². The summed E-state index contributed by atoms with van der Waals surface area (Å²) in [6, 6.07) is 4.81. The topological polar surface area (TPSA) is 81.5 Å². The number of nitrogens with one attached hydrogen (secondary N) is 1. The molecule has 170 valence electrons. The highest BCUT2D eigenvalue weighted by Gasteiger charge is 2.19. The summed E-state index contributed by atoms with van der Waals surface area (Å²) in [7, 11) is 3.41. The van der Waals surface area contributed by atoms with Crippen LogP contribution in [0.2, 0.25) is 0 Å². The predicted octanol–water partition coefficient (Wildman–Crippen LogP) is 3.14. The third-order valence-electron chi connectivity index (χ3n) is 5.90. The molecule has 1 N–H and O–H groups in total. The van der Waals surface area contributed by atoms with Gasteiger partial charge in [-0.25, -0.2) is 14.1 Å². The summed E-state index contributed by atoms with van der Waals surface area (Å²) in [5, 5.41) is 8.02. The fourth-order valence-corrected chi connectivity index (χ4v) is 4.21. The summed E-state index contributed by atoms with van der Waals surface area (Å²) in [6.07, 6.45) is 0.767. The number of amides is 1. The Bertz CT molecular complexity index is 1150. The second-order valence-corrected chi connectivity index (χ2v) is 7.95. The molecule has 4 rings (SSSR count). The molecule has 3 aromatic rings. The van der Waals surface area contributed by atoms with Crippen LogP contribution >= 0.6 is 0 Å². The lowest BCUT2D eigenvalue weighted by Gasteiger charge is -2.29. The van der Waals surface area contributed by atoms with Crippen LogP contribution in [0.5, 0.6) is 5.88 Å². The van der Waals surface area contributed by atoms with Gasteiger partial charge in [-0.05, 0) is 49.6 Å². The average molecular weight is 442 g/mol. The number of halogens is 1. The lowest BCUT2D eigenvalue weighted by atomic mass is 10.00. The molecule has 1 saturated heterocycles. The van der Waals surface area contributed by atoms with E-state index in [0.29, 0.717) is 50.0 Å². The average Bonchev–Trinajstić information content (AvgIpc) is 3.10. The first-order valence-electron chi connectivity index (χ1n) is 10.7. The molecule has 32 heavy (non-hydrogen) atoms. The number of fused-ring (bicyclic) bond motifs is 1. The summed E-state index contributed by atoms with van der Waals surface area (Å²) in [5.74, 6) is -0.00989. The molecule has 0 radical (unpaired) electrons. The van der Waals surface area contributed by atoms with Gasteiger partial charge in [0.05, 0.1) is 31.4 Å². The van der Waals surface area contributed by atoms with Gasteiger partial charge in [-0.15, -0.1) is 5.10 Å². The molecule has 1 amide bonds. The fourth-order valence-electron chi connectivity index (χ4n) is 4.21. The van der Waals surface area contributed by atoms with Crippen molar-refractivity contribution in [3.8, 4) is 5.88 Å². The van der Waals surface area contributed by atoms with Crippen molar-refractivity contribution < 1.29 is 18.7 Å². The maximum atomic E-state index is 14.6. The number of benzene rings is 1. The number of rotatable bonds is 6. The van der Waals surface area contributed by atoms with Crippen LogP contribution in [0, 0.1) is 19.7 Å². The number of morpholine rings is 1. The number of hydrogen-bond acceptors (Lipinski definition) is 6. The third kappa shape index (κ3) is 4.25. The smallest absolute Gasteiger partial charge is 0.242 e. The number of carbonyl (C=O) groups is 1. The summed E-state index contributed by atoms with van der Waals surface area (Å²) in [5.41, 5.74) is 4.58. The van der Waals surface area contributed by atoms with E-state index in [1.807, 2.05) is 25.8 Å². The van der Waals surface area contributed by atoms with Gasteiger partial charge in [0.1, 0.15) is 5.82 Å². The minimum Gasteiger partial charge on any atom is -0.479 e. The molecule has 0 bridgehead atoms. The first-order chi connectivity index (χ1) is 15.4. The Kier molecular flexibility index (Phi) is 6.27. The second-order valence-electron chi connectivity index (χ2n) is 7.95. The summed E-state index contributed by atoms with van der Waals surface area (Å²) >= 11 is 0. The molecule has 9 heteroatoms. The minimum absolute atomic E-state index is 0.180. The van der Waals surface area contributed by atoms with Crippen LogP contribution in [0.1, 0.15) is 23.2 Å². The SMILES string of the molecule is COc1nn(C)c2nc(C)c(CCC(=O)Nc3ccc(N4CCOCC4)c(F)c3)c(C)c12. The lowest BCUT2D eigenvalue weighted by molar-refractivity contribution is -0.116. The molecule has 3 heterocycles. The van der Waals surface area contributed by atoms with Crippen molar-refractivity contribution in [3.05, 3.63) is 40.8 Å². The van der Waals surface area contributed by atoms with Crippen LogP contribution in [-0.2, 0) is 23.0 Å². The Morgan fingerprint density at radius 1 is 1.28 bits per heavy atom. The van der Waals surface area contributed by atoms with E-state index in [1.165, 1.54) is 6.07 Å². The van der Waals surface area contributed by atoms with Crippen LogP contribution in [0.25, 0.3) is 11.0 Å². The standard InChI is InChI=1S/C23H28FN5O3/c1-14-17(15(2)25-22-21(14)23(31-4)27-28(22)3)6-8-20(30)26-16-5-7-19(18(24)13-16)29-9-11-32-12-10-29/h5,7,13H,6,8-12H2,1-4H3,(H,26,30). The number of ether oxygens (including phenoxy) is 2. The second kappa shape index (κ2) is 9.12. The number of aromatic nitrogens is 3. The lowest BCUT2D eigenvalue weighted by Crippen LogP contribution is -2.36. The first-order valence-corrected chi connectivity index (χ1v) is 10.7. The number of pyridine rings is 1. The summed E-state index contributed by atoms with van der Waals surface area (Å²) in [6.45, 7) is 6.40. The molecule has 1 aliphatic heterocycles. The van der Waals surface area contributed by atoms with E-state index in [0.717, 1.165) is 27.9 Å². The predicted molar refractivity (Wildman–Crippen MR) is 121 cm³/mol. The Balaban J connectivity index is 1.45. The van der Waals surface area contributed by atoms with Crippen molar-refractivity contribution in [2.45, 2.75) is 26.7 Å². The van der Waals surface area contributed by atoms with Gasteiger partial charge >= 0.3 is 0 Å². The number of methoxy groups -OCH3 is 1. The number of nitrogens with zero attached hydrogens (tertiary/aromatic N) is 4. The molecule has 0 atom stereocenters. The normalized spacial score (nSPS) is 14.1. The highest BCUT2D eigenvalue weighted by Crippen LogP contribution is 2.30. The van der Waals surface area contributed by atoms with Gasteiger partial charge in [-0.2, -0.15) is 0 Å². The molecule has 2 aromatic heterocycles. The van der Waals surface area contributed by atoms with Crippen molar-refractivity contribution in [3.63, 3.8) is 0 Å². The Morgan fingerprint density at radius 2 is 2.03 bits per heavy atom. The van der Waals surface area contributed by atoms with Gasteiger partial charge < -0.3 is 19.7 Å². The van der Waals surface area contributed by atoms with Crippen molar-refractivity contribution in [2.24, 2.45) is 7.05 Å². The number of anilines is 2. The Morgan fingerprint density at radius 3 is 2.72 bits per heavy atom. The first kappa shape index (κ1) is 22.0. The van der Waals surface area contributed by atoms with Crippen molar-refractivity contribution in [1.82, 2.24) is 14.8 Å². The van der Waals surface area contributed by atoms with E-state index in [2.05, 4.69) is 15.4 Å². The number of carbonyl (C=O) groups excluding carboxylic acids is 1. The quantitative estimate of drug-likeness (QED) is 0.633. The van der Waals surface area contributed by atoms with Gasteiger partial charge in [-0.3, -0.25) is 4.79 Å². The van der Waals surface area contributed by atoms with Crippen LogP contribution in [0.3, 0.4) is 0 Å². The third-order valence-corrected chi connectivity index (χ3v) is 5.90. The van der Waals surface area contributed by atoms with Gasteiger partial charge in [0.25, 0.3) is 0 Å². The van der Waals surface area contributed by atoms with Crippen molar-refractivity contribution in [1.29, 1.82) is 0 Å². The van der Waals surface area contributed by atoms with Crippen LogP contribution in [0.4, 0.5) is 15.8 Å². The van der Waals surface area contributed by atoms with E-state index < -0.39 is 0 Å². The van der Waals surface area contributed by atoms with E-state index in [4.69, 9.17) is 9.47 Å². The maximum Gasteiger partial charge on any atom is 0.242 e. The molecule has 1 aromatic carbocycles. The van der Waals surface area contributed by atoms with E-state index >= 15 is 0 Å². The zero-order chi connectivity index (χ0) is 22.8. The monoisotopic (exact) mass is 441 g/mol. The molecular weight excluding hydrogens is 413 g/mol. The number of aryl methyl sites for hydroxylation is 3. The molecule has 0 unspecified atom stereocenters. The Hall–Kier alpha value is -3.20. The molecular formula is C23H28FN5O3. The largest absolute Gasteiger partial charge is 0.479 e. The summed E-state index contributed by atoms with van der Waals surface area (Å²) < 4.78 is 27.0. The van der Waals surface area contributed by atoms with E-state index in [9.17, 15) is 9.18 Å². The highest BCUT2D eigenvalue weighted by atomic mass is 19.1. The molecule has 0 saturated carbocycles. The fraction of sp³-hybridized carbons (Fsp3) is 0.435. The molecule has 0 spiro atoms. The zero-order valence-corrected chi connectivity index (χ0v) is 18.9.